The standard InChI is InChI=1S/C19H21F3N4O2/c1-25-6-5-15-14(10-25)26(7-8-28-15)16-9-12(19(21)22)17(24-23-16)11-3-2-4-13(20)18(11)27/h2-4,9,14-15,19,27H,5-8,10H2,1H3/t14-,15+/m0/s1. The highest BCUT2D eigenvalue weighted by Gasteiger charge is 2.37. The number of morpholine rings is 1. The molecule has 2 aromatic rings. The first-order chi connectivity index (χ1) is 13.5. The fraction of sp³-hybridized carbons (Fsp3) is 0.474. The van der Waals surface area contributed by atoms with Gasteiger partial charge in [-0.1, -0.05) is 6.07 Å². The summed E-state index contributed by atoms with van der Waals surface area (Å²) in [5.41, 5.74) is -0.717. The lowest BCUT2D eigenvalue weighted by Gasteiger charge is -2.46. The molecule has 9 heteroatoms. The Morgan fingerprint density at radius 1 is 1.25 bits per heavy atom. The van der Waals surface area contributed by atoms with E-state index >= 15 is 0 Å². The molecule has 6 nitrogen and oxygen atoms in total. The third-order valence-corrected chi connectivity index (χ3v) is 5.37. The van der Waals surface area contributed by atoms with Gasteiger partial charge in [0.2, 0.25) is 0 Å². The van der Waals surface area contributed by atoms with Crippen molar-refractivity contribution in [1.82, 2.24) is 15.1 Å². The minimum atomic E-state index is -2.85. The van der Waals surface area contributed by atoms with E-state index in [1.807, 2.05) is 11.9 Å². The molecule has 0 spiro atoms. The number of phenols is 1. The summed E-state index contributed by atoms with van der Waals surface area (Å²) < 4.78 is 47.1. The lowest BCUT2D eigenvalue weighted by molar-refractivity contribution is -0.0246. The van der Waals surface area contributed by atoms with Gasteiger partial charge in [-0.3, -0.25) is 0 Å². The summed E-state index contributed by atoms with van der Waals surface area (Å²) in [6.07, 6.45) is -1.96. The second-order valence-electron chi connectivity index (χ2n) is 7.16. The predicted octanol–water partition coefficient (Wildman–Crippen LogP) is 2.84. The van der Waals surface area contributed by atoms with Gasteiger partial charge in [-0.2, -0.15) is 0 Å². The fourth-order valence-electron chi connectivity index (χ4n) is 3.93. The summed E-state index contributed by atoms with van der Waals surface area (Å²) in [7, 11) is 2.01. The summed E-state index contributed by atoms with van der Waals surface area (Å²) in [5, 5.41) is 18.0. The third-order valence-electron chi connectivity index (χ3n) is 5.37. The lowest BCUT2D eigenvalue weighted by atomic mass is 9.98. The van der Waals surface area contributed by atoms with Crippen LogP contribution in [0.1, 0.15) is 18.4 Å². The number of para-hydroxylation sites is 1. The molecule has 150 valence electrons. The van der Waals surface area contributed by atoms with E-state index in [2.05, 4.69) is 15.1 Å². The van der Waals surface area contributed by atoms with Gasteiger partial charge < -0.3 is 19.6 Å². The van der Waals surface area contributed by atoms with Crippen LogP contribution in [0.2, 0.25) is 0 Å². The largest absolute Gasteiger partial charge is 0.504 e. The highest BCUT2D eigenvalue weighted by molar-refractivity contribution is 5.71. The van der Waals surface area contributed by atoms with Crippen molar-refractivity contribution < 1.29 is 23.0 Å². The number of nitrogens with zero attached hydrogens (tertiary/aromatic N) is 4. The highest BCUT2D eigenvalue weighted by Crippen LogP contribution is 2.37. The van der Waals surface area contributed by atoms with Crippen LogP contribution in [0.3, 0.4) is 0 Å². The van der Waals surface area contributed by atoms with Crippen molar-refractivity contribution in [3.05, 3.63) is 35.6 Å². The molecule has 2 atom stereocenters. The zero-order valence-corrected chi connectivity index (χ0v) is 15.4. The number of aromatic nitrogens is 2. The van der Waals surface area contributed by atoms with Gasteiger partial charge in [-0.05, 0) is 31.7 Å². The number of alkyl halides is 2. The first-order valence-corrected chi connectivity index (χ1v) is 9.16. The summed E-state index contributed by atoms with van der Waals surface area (Å²) in [6, 6.07) is 5.01. The third kappa shape index (κ3) is 3.40. The molecular formula is C19H21F3N4O2. The molecule has 28 heavy (non-hydrogen) atoms. The summed E-state index contributed by atoms with van der Waals surface area (Å²) >= 11 is 0. The Morgan fingerprint density at radius 2 is 2.07 bits per heavy atom. The van der Waals surface area contributed by atoms with E-state index in [1.54, 1.807) is 0 Å². The molecule has 1 N–H and O–H groups in total. The number of halogens is 3. The molecular weight excluding hydrogens is 373 g/mol. The Labute approximate surface area is 160 Å². The van der Waals surface area contributed by atoms with E-state index in [1.165, 1.54) is 18.2 Å². The van der Waals surface area contributed by atoms with E-state index in [-0.39, 0.29) is 23.4 Å². The predicted molar refractivity (Wildman–Crippen MR) is 97.0 cm³/mol. The Morgan fingerprint density at radius 3 is 2.86 bits per heavy atom. The van der Waals surface area contributed by atoms with Crippen molar-refractivity contribution in [2.24, 2.45) is 0 Å². The van der Waals surface area contributed by atoms with Crippen molar-refractivity contribution in [3.8, 4) is 17.0 Å². The van der Waals surface area contributed by atoms with Gasteiger partial charge in [0.15, 0.2) is 17.4 Å². The summed E-state index contributed by atoms with van der Waals surface area (Å²) in [5.74, 6) is -1.28. The number of likely N-dealkylation sites (N-methyl/N-ethyl adjacent to an activating group) is 1. The first-order valence-electron chi connectivity index (χ1n) is 9.16. The van der Waals surface area contributed by atoms with Crippen LogP contribution in [0.5, 0.6) is 5.75 Å². The van der Waals surface area contributed by atoms with Crippen LogP contribution < -0.4 is 4.90 Å². The number of likely N-dealkylation sites (tertiary alicyclic amines) is 1. The second kappa shape index (κ2) is 7.56. The molecule has 3 heterocycles. The highest BCUT2D eigenvalue weighted by atomic mass is 19.3. The van der Waals surface area contributed by atoms with Crippen molar-refractivity contribution >= 4 is 5.82 Å². The summed E-state index contributed by atoms with van der Waals surface area (Å²) in [4.78, 5) is 4.13. The smallest absolute Gasteiger partial charge is 0.266 e. The minimum absolute atomic E-state index is 0.000690. The SMILES string of the molecule is CN1CC[C@H]2OCCN(c3cc(C(F)F)c(-c4cccc(F)c4O)nn3)[C@H]2C1. The summed E-state index contributed by atoms with van der Waals surface area (Å²) in [6.45, 7) is 2.67. The van der Waals surface area contributed by atoms with E-state index in [9.17, 15) is 18.3 Å². The van der Waals surface area contributed by atoms with Crippen LogP contribution in [0.25, 0.3) is 11.3 Å². The van der Waals surface area contributed by atoms with Crippen LogP contribution in [-0.2, 0) is 4.74 Å². The minimum Gasteiger partial charge on any atom is -0.504 e. The maximum atomic E-state index is 13.8. The average molecular weight is 394 g/mol. The molecule has 0 unspecified atom stereocenters. The molecule has 0 amide bonds. The molecule has 2 saturated heterocycles. The number of anilines is 1. The van der Waals surface area contributed by atoms with Gasteiger partial charge in [0.25, 0.3) is 6.43 Å². The number of rotatable bonds is 3. The molecule has 0 saturated carbocycles. The molecule has 2 aliphatic heterocycles. The second-order valence-corrected chi connectivity index (χ2v) is 7.16. The van der Waals surface area contributed by atoms with Gasteiger partial charge in [0, 0.05) is 30.8 Å². The van der Waals surface area contributed by atoms with Crippen LogP contribution in [0, 0.1) is 5.82 Å². The zero-order valence-electron chi connectivity index (χ0n) is 15.4. The van der Waals surface area contributed by atoms with E-state index in [0.717, 1.165) is 25.6 Å². The Balaban J connectivity index is 1.73. The number of hydrogen-bond donors (Lipinski definition) is 1. The molecule has 0 aliphatic carbocycles. The number of piperidine rings is 1. The van der Waals surface area contributed by atoms with Crippen molar-refractivity contribution in [1.29, 1.82) is 0 Å². The normalized spacial score (nSPS) is 23.1. The van der Waals surface area contributed by atoms with Crippen molar-refractivity contribution in [3.63, 3.8) is 0 Å². The topological polar surface area (TPSA) is 61.7 Å². The maximum Gasteiger partial charge on any atom is 0.266 e. The number of phenolic OH excluding ortho intramolecular Hbond substituents is 1. The molecule has 1 aromatic heterocycles. The molecule has 2 fully saturated rings. The quantitative estimate of drug-likeness (QED) is 0.864. The Kier molecular flexibility index (Phi) is 5.11. The first kappa shape index (κ1) is 18.9. The maximum absolute atomic E-state index is 13.8. The Hall–Kier alpha value is -2.39. The van der Waals surface area contributed by atoms with E-state index < -0.39 is 23.6 Å². The van der Waals surface area contributed by atoms with Crippen molar-refractivity contribution in [2.45, 2.75) is 25.0 Å². The van der Waals surface area contributed by atoms with Gasteiger partial charge in [-0.25, -0.2) is 13.2 Å². The molecule has 0 bridgehead atoms. The molecule has 0 radical (unpaired) electrons. The zero-order chi connectivity index (χ0) is 19.8. The molecule has 4 rings (SSSR count). The number of ether oxygens (including phenoxy) is 1. The lowest BCUT2D eigenvalue weighted by Crippen LogP contribution is -2.59. The van der Waals surface area contributed by atoms with Gasteiger partial charge in [0.1, 0.15) is 5.69 Å². The van der Waals surface area contributed by atoms with E-state index in [0.29, 0.717) is 19.0 Å². The van der Waals surface area contributed by atoms with E-state index in [4.69, 9.17) is 4.74 Å². The van der Waals surface area contributed by atoms with Gasteiger partial charge >= 0.3 is 0 Å². The number of benzene rings is 1. The number of fused-ring (bicyclic) bond motifs is 1. The van der Waals surface area contributed by atoms with Crippen molar-refractivity contribution in [2.75, 3.05) is 38.2 Å². The monoisotopic (exact) mass is 394 g/mol. The molecule has 2 aliphatic rings. The van der Waals surface area contributed by atoms with Crippen LogP contribution in [0.15, 0.2) is 24.3 Å². The van der Waals surface area contributed by atoms with Gasteiger partial charge in [-0.15, -0.1) is 10.2 Å². The number of aromatic hydroxyl groups is 1. The van der Waals surface area contributed by atoms with Crippen LogP contribution in [-0.4, -0.2) is 65.6 Å². The molecule has 1 aromatic carbocycles. The van der Waals surface area contributed by atoms with Crippen LogP contribution in [0.4, 0.5) is 19.0 Å². The van der Waals surface area contributed by atoms with Crippen LogP contribution >= 0.6 is 0 Å². The number of hydrogen-bond acceptors (Lipinski definition) is 6. The van der Waals surface area contributed by atoms with Gasteiger partial charge in [0.05, 0.1) is 18.8 Å². The average Bonchev–Trinajstić information content (AvgIpc) is 2.69. The fourth-order valence-corrected chi connectivity index (χ4v) is 3.93. The Bertz CT molecular complexity index is 867.